The molecule has 26 heavy (non-hydrogen) atoms. The number of carbonyl (C=O) groups excluding carboxylic acids is 1. The molecule has 4 bridgehead atoms. The lowest BCUT2D eigenvalue weighted by molar-refractivity contribution is -0.0622. The van der Waals surface area contributed by atoms with E-state index in [0.29, 0.717) is 11.1 Å². The van der Waals surface area contributed by atoms with E-state index in [4.69, 9.17) is 9.57 Å². The highest BCUT2D eigenvalue weighted by Gasteiger charge is 2.50. The van der Waals surface area contributed by atoms with E-state index in [1.54, 1.807) is 7.05 Å². The topological polar surface area (TPSA) is 50.8 Å². The second-order valence-corrected chi connectivity index (χ2v) is 8.65. The van der Waals surface area contributed by atoms with Gasteiger partial charge in [-0.3, -0.25) is 4.84 Å². The van der Waals surface area contributed by atoms with Crippen LogP contribution in [0.25, 0.3) is 0 Å². The summed E-state index contributed by atoms with van der Waals surface area (Å²) in [4.78, 5) is 16.8. The summed E-state index contributed by atoms with van der Waals surface area (Å²) in [5, 5.41) is 3.95. The smallest absolute Gasteiger partial charge is 0.345 e. The Balaban J connectivity index is 1.31. The van der Waals surface area contributed by atoms with Crippen molar-refractivity contribution in [3.8, 4) is 5.75 Å². The Kier molecular flexibility index (Phi) is 4.82. The van der Waals surface area contributed by atoms with E-state index in [-0.39, 0.29) is 6.03 Å². The fourth-order valence-corrected chi connectivity index (χ4v) is 5.93. The van der Waals surface area contributed by atoms with Crippen molar-refractivity contribution in [1.29, 1.82) is 0 Å². The maximum absolute atomic E-state index is 11.9. The molecule has 142 valence electrons. The lowest BCUT2D eigenvalue weighted by Gasteiger charge is -2.57. The molecule has 0 saturated heterocycles. The van der Waals surface area contributed by atoms with Gasteiger partial charge in [-0.1, -0.05) is 6.07 Å². The van der Waals surface area contributed by atoms with Crippen molar-refractivity contribution in [2.45, 2.75) is 44.9 Å². The van der Waals surface area contributed by atoms with Gasteiger partial charge in [0.15, 0.2) is 0 Å². The van der Waals surface area contributed by atoms with Crippen LogP contribution in [0.15, 0.2) is 24.3 Å². The predicted octanol–water partition coefficient (Wildman–Crippen LogP) is 4.70. The zero-order chi connectivity index (χ0) is 18.1. The standard InChI is InChI=1S/C21H30N2O3/c1-23(25-2)20(24)22-18-4-3-5-19(11-18)26-7-6-21-12-15-8-16(13-21)10-17(9-15)14-21/h3-5,11,15-17H,6-10,12-14H2,1-2H3,(H,22,24). The lowest BCUT2D eigenvalue weighted by Crippen LogP contribution is -2.46. The quantitative estimate of drug-likeness (QED) is 0.750. The number of nitrogens with zero attached hydrogens (tertiary/aromatic N) is 1. The first-order valence-electron chi connectivity index (χ1n) is 9.87. The SMILES string of the molecule is CON(C)C(=O)Nc1cccc(OCCC23CC4CC(CC(C4)C2)C3)c1. The van der Waals surface area contributed by atoms with Crippen LogP contribution in [-0.2, 0) is 4.84 Å². The molecule has 4 aliphatic carbocycles. The van der Waals surface area contributed by atoms with Crippen molar-refractivity contribution < 1.29 is 14.4 Å². The number of hydrogen-bond donors (Lipinski definition) is 1. The molecule has 4 fully saturated rings. The fourth-order valence-electron chi connectivity index (χ4n) is 5.93. The van der Waals surface area contributed by atoms with Crippen LogP contribution in [0.2, 0.25) is 0 Å². The number of ether oxygens (including phenoxy) is 1. The Morgan fingerprint density at radius 2 is 1.85 bits per heavy atom. The van der Waals surface area contributed by atoms with E-state index >= 15 is 0 Å². The van der Waals surface area contributed by atoms with Crippen LogP contribution < -0.4 is 10.1 Å². The third-order valence-corrected chi connectivity index (χ3v) is 6.71. The van der Waals surface area contributed by atoms with Gasteiger partial charge in [0.1, 0.15) is 5.75 Å². The third-order valence-electron chi connectivity index (χ3n) is 6.71. The number of carbonyl (C=O) groups is 1. The summed E-state index contributed by atoms with van der Waals surface area (Å²) in [6, 6.07) is 7.28. The van der Waals surface area contributed by atoms with Crippen LogP contribution in [0.3, 0.4) is 0 Å². The largest absolute Gasteiger partial charge is 0.493 e. The number of rotatable bonds is 6. The summed E-state index contributed by atoms with van der Waals surface area (Å²) in [6.45, 7) is 0.765. The normalized spacial score (nSPS) is 31.7. The fraction of sp³-hybridized carbons (Fsp3) is 0.667. The average molecular weight is 358 g/mol. The number of urea groups is 1. The molecule has 1 aromatic rings. The predicted molar refractivity (Wildman–Crippen MR) is 101 cm³/mol. The van der Waals surface area contributed by atoms with Crippen molar-refractivity contribution in [2.24, 2.45) is 23.2 Å². The minimum atomic E-state index is -0.307. The number of nitrogens with one attached hydrogen (secondary N) is 1. The van der Waals surface area contributed by atoms with Gasteiger partial charge >= 0.3 is 6.03 Å². The molecule has 4 aliphatic rings. The minimum absolute atomic E-state index is 0.307. The van der Waals surface area contributed by atoms with E-state index in [1.807, 2.05) is 24.3 Å². The molecular weight excluding hydrogens is 328 g/mol. The molecule has 0 radical (unpaired) electrons. The van der Waals surface area contributed by atoms with E-state index < -0.39 is 0 Å². The van der Waals surface area contributed by atoms with Gasteiger partial charge in [0.25, 0.3) is 0 Å². The molecule has 0 aliphatic heterocycles. The second-order valence-electron chi connectivity index (χ2n) is 8.65. The van der Waals surface area contributed by atoms with Crippen molar-refractivity contribution in [1.82, 2.24) is 5.06 Å². The molecule has 2 amide bonds. The van der Waals surface area contributed by atoms with Gasteiger partial charge in [0, 0.05) is 18.8 Å². The molecule has 0 aromatic heterocycles. The summed E-state index contributed by atoms with van der Waals surface area (Å²) < 4.78 is 6.06. The summed E-state index contributed by atoms with van der Waals surface area (Å²) in [5.74, 6) is 3.76. The van der Waals surface area contributed by atoms with Gasteiger partial charge in [0.05, 0.1) is 13.7 Å². The number of anilines is 1. The number of hydrogen-bond acceptors (Lipinski definition) is 3. The first-order valence-corrected chi connectivity index (χ1v) is 9.87. The van der Waals surface area contributed by atoms with Gasteiger partial charge in [-0.2, -0.15) is 0 Å². The van der Waals surface area contributed by atoms with Crippen molar-refractivity contribution in [3.63, 3.8) is 0 Å². The molecular formula is C21H30N2O3. The lowest BCUT2D eigenvalue weighted by atomic mass is 9.49. The zero-order valence-corrected chi connectivity index (χ0v) is 15.9. The maximum Gasteiger partial charge on any atom is 0.345 e. The van der Waals surface area contributed by atoms with Gasteiger partial charge in [-0.05, 0) is 80.2 Å². The summed E-state index contributed by atoms with van der Waals surface area (Å²) in [5.41, 5.74) is 1.26. The number of hydroxylamine groups is 2. The molecule has 4 saturated carbocycles. The van der Waals surface area contributed by atoms with Crippen LogP contribution in [0, 0.1) is 23.2 Å². The van der Waals surface area contributed by atoms with Crippen LogP contribution in [-0.4, -0.2) is 31.9 Å². The van der Waals surface area contributed by atoms with E-state index in [9.17, 15) is 4.79 Å². The monoisotopic (exact) mass is 358 g/mol. The van der Waals surface area contributed by atoms with Crippen molar-refractivity contribution >= 4 is 11.7 Å². The summed E-state index contributed by atoms with van der Waals surface area (Å²) >= 11 is 0. The first kappa shape index (κ1) is 17.7. The molecule has 0 unspecified atom stereocenters. The minimum Gasteiger partial charge on any atom is -0.493 e. The molecule has 0 atom stereocenters. The van der Waals surface area contributed by atoms with Gasteiger partial charge in [0.2, 0.25) is 0 Å². The van der Waals surface area contributed by atoms with Crippen LogP contribution in [0.5, 0.6) is 5.75 Å². The molecule has 0 heterocycles. The summed E-state index contributed by atoms with van der Waals surface area (Å²) in [6.07, 6.45) is 9.87. The molecule has 1 N–H and O–H groups in total. The van der Waals surface area contributed by atoms with Gasteiger partial charge < -0.3 is 10.1 Å². The first-order chi connectivity index (χ1) is 12.5. The van der Waals surface area contributed by atoms with Gasteiger partial charge in [-0.25, -0.2) is 9.86 Å². The zero-order valence-electron chi connectivity index (χ0n) is 15.9. The molecule has 0 spiro atoms. The highest BCUT2D eigenvalue weighted by Crippen LogP contribution is 2.61. The number of benzene rings is 1. The van der Waals surface area contributed by atoms with E-state index in [1.165, 1.54) is 52.1 Å². The Morgan fingerprint density at radius 3 is 2.46 bits per heavy atom. The Morgan fingerprint density at radius 1 is 1.19 bits per heavy atom. The molecule has 5 nitrogen and oxygen atoms in total. The molecule has 1 aromatic carbocycles. The van der Waals surface area contributed by atoms with E-state index in [2.05, 4.69) is 5.32 Å². The van der Waals surface area contributed by atoms with E-state index in [0.717, 1.165) is 35.2 Å². The Labute approximate surface area is 156 Å². The highest BCUT2D eigenvalue weighted by atomic mass is 16.7. The van der Waals surface area contributed by atoms with Crippen molar-refractivity contribution in [3.05, 3.63) is 24.3 Å². The molecule has 5 rings (SSSR count). The maximum atomic E-state index is 11.9. The van der Waals surface area contributed by atoms with Crippen molar-refractivity contribution in [2.75, 3.05) is 26.1 Å². The van der Waals surface area contributed by atoms with Crippen LogP contribution >= 0.6 is 0 Å². The summed E-state index contributed by atoms with van der Waals surface area (Å²) in [7, 11) is 3.03. The molecule has 5 heteroatoms. The third kappa shape index (κ3) is 3.68. The average Bonchev–Trinajstić information content (AvgIpc) is 2.60. The Bertz CT molecular complexity index is 625. The van der Waals surface area contributed by atoms with Crippen LogP contribution in [0.1, 0.15) is 44.9 Å². The second kappa shape index (κ2) is 7.10. The van der Waals surface area contributed by atoms with Crippen LogP contribution in [0.4, 0.5) is 10.5 Å². The van der Waals surface area contributed by atoms with Gasteiger partial charge in [-0.15, -0.1) is 0 Å². The number of amides is 2. The highest BCUT2D eigenvalue weighted by molar-refractivity contribution is 5.88. The Hall–Kier alpha value is -1.75.